The molecule has 1 aromatic carbocycles. The van der Waals surface area contributed by atoms with E-state index in [-0.39, 0.29) is 18.7 Å². The van der Waals surface area contributed by atoms with Gasteiger partial charge in [0.1, 0.15) is 12.7 Å². The van der Waals surface area contributed by atoms with Crippen molar-refractivity contribution < 1.29 is 19.0 Å². The second-order valence-corrected chi connectivity index (χ2v) is 11.1. The average molecular weight is 559 g/mol. The fourth-order valence-electron chi connectivity index (χ4n) is 5.14. The lowest BCUT2D eigenvalue weighted by Crippen LogP contribution is -2.28. The molecule has 0 amide bonds. The Bertz CT molecular complexity index is 800. The molecular weight excluding hydrogens is 500 g/mol. The first-order valence-electron chi connectivity index (χ1n) is 16.3. The number of ether oxygens (including phenoxy) is 3. The van der Waals surface area contributed by atoms with Crippen LogP contribution < -0.4 is 0 Å². The Balaban J connectivity index is 1.53. The summed E-state index contributed by atoms with van der Waals surface area (Å²) in [5, 5.41) is 0. The van der Waals surface area contributed by atoms with Crippen LogP contribution in [0.1, 0.15) is 127 Å². The van der Waals surface area contributed by atoms with E-state index in [1.54, 1.807) is 0 Å². The summed E-state index contributed by atoms with van der Waals surface area (Å²) in [6.45, 7) is 10.8. The van der Waals surface area contributed by atoms with Gasteiger partial charge in [0, 0.05) is 38.7 Å². The molecule has 1 aliphatic rings. The summed E-state index contributed by atoms with van der Waals surface area (Å²) in [6.07, 6.45) is 22.8. The highest BCUT2D eigenvalue weighted by molar-refractivity contribution is 5.91. The smallest absolute Gasteiger partial charge is 0.338 e. The average Bonchev–Trinajstić information content (AvgIpc) is 3.43. The van der Waals surface area contributed by atoms with E-state index in [1.165, 1.54) is 83.5 Å². The van der Waals surface area contributed by atoms with Crippen molar-refractivity contribution in [1.82, 2.24) is 9.80 Å². The lowest BCUT2D eigenvalue weighted by Gasteiger charge is -2.21. The first-order chi connectivity index (χ1) is 19.7. The van der Waals surface area contributed by atoms with Crippen LogP contribution in [-0.2, 0) is 20.8 Å². The van der Waals surface area contributed by atoms with Crippen molar-refractivity contribution in [2.45, 2.75) is 123 Å². The molecule has 1 aromatic rings. The molecule has 1 aliphatic heterocycles. The zero-order valence-electron chi connectivity index (χ0n) is 25.9. The third kappa shape index (κ3) is 15.1. The summed E-state index contributed by atoms with van der Waals surface area (Å²) in [7, 11) is 0. The standard InChI is InChI=1S/C34H58N2O4/c1-4-7-8-9-10-11-12-13-14-15-16-17-18-21-26-38-28-32(39-6-3)29-40-34(37)33-23-20-19-22-31(33)27-36-25-24-35(5-2)30-36/h19-20,22-25,32H,4-18,21,26-30H2,1-3H3. The molecular formula is C34H58N2O4. The SMILES string of the molecule is CCCCCCCCCCCCCCCCOCC(COC(=O)c1ccccc1CN1C=CN(CC)C1)OCC. The van der Waals surface area contributed by atoms with Crippen molar-refractivity contribution in [1.29, 1.82) is 0 Å². The van der Waals surface area contributed by atoms with Gasteiger partial charge in [0.15, 0.2) is 0 Å². The Hall–Kier alpha value is -2.05. The topological polar surface area (TPSA) is 51.2 Å². The minimum Gasteiger partial charge on any atom is -0.459 e. The zero-order valence-corrected chi connectivity index (χ0v) is 25.9. The Labute approximate surface area is 245 Å². The maximum Gasteiger partial charge on any atom is 0.338 e. The number of benzene rings is 1. The molecule has 0 N–H and O–H groups in total. The summed E-state index contributed by atoms with van der Waals surface area (Å²) in [5.41, 5.74) is 1.58. The van der Waals surface area contributed by atoms with E-state index in [4.69, 9.17) is 14.2 Å². The molecule has 1 atom stereocenters. The first kappa shape index (κ1) is 34.2. The van der Waals surface area contributed by atoms with Crippen molar-refractivity contribution >= 4 is 5.97 Å². The lowest BCUT2D eigenvalue weighted by atomic mass is 10.0. The van der Waals surface area contributed by atoms with Crippen LogP contribution in [0, 0.1) is 0 Å². The fourth-order valence-corrected chi connectivity index (χ4v) is 5.14. The van der Waals surface area contributed by atoms with E-state index in [2.05, 4.69) is 36.0 Å². The third-order valence-corrected chi connectivity index (χ3v) is 7.62. The second kappa shape index (κ2) is 22.6. The molecule has 6 nitrogen and oxygen atoms in total. The van der Waals surface area contributed by atoms with E-state index >= 15 is 0 Å². The summed E-state index contributed by atoms with van der Waals surface area (Å²) >= 11 is 0. The van der Waals surface area contributed by atoms with Gasteiger partial charge in [-0.1, -0.05) is 109 Å². The number of hydrogen-bond acceptors (Lipinski definition) is 6. The van der Waals surface area contributed by atoms with Gasteiger partial charge in [-0.25, -0.2) is 4.79 Å². The largest absolute Gasteiger partial charge is 0.459 e. The zero-order chi connectivity index (χ0) is 28.7. The minimum atomic E-state index is -0.303. The van der Waals surface area contributed by atoms with E-state index in [1.807, 2.05) is 31.2 Å². The number of unbranched alkanes of at least 4 members (excludes halogenated alkanes) is 13. The maximum atomic E-state index is 12.9. The normalized spacial score (nSPS) is 13.8. The van der Waals surface area contributed by atoms with Crippen molar-refractivity contribution in [3.05, 3.63) is 47.8 Å². The Morgan fingerprint density at radius 3 is 1.98 bits per heavy atom. The van der Waals surface area contributed by atoms with Gasteiger partial charge < -0.3 is 24.0 Å². The minimum absolute atomic E-state index is 0.201. The fraction of sp³-hybridized carbons (Fsp3) is 0.735. The van der Waals surface area contributed by atoms with Gasteiger partial charge in [-0.3, -0.25) is 0 Å². The van der Waals surface area contributed by atoms with Gasteiger partial charge in [0.2, 0.25) is 0 Å². The molecule has 0 saturated carbocycles. The van der Waals surface area contributed by atoms with Crippen LogP contribution in [0.25, 0.3) is 0 Å². The Morgan fingerprint density at radius 1 is 0.775 bits per heavy atom. The lowest BCUT2D eigenvalue weighted by molar-refractivity contribution is -0.0466. The molecule has 0 bridgehead atoms. The maximum absolute atomic E-state index is 12.9. The number of carbonyl (C=O) groups excluding carboxylic acids is 1. The van der Waals surface area contributed by atoms with Gasteiger partial charge in [-0.05, 0) is 31.9 Å². The molecule has 0 fully saturated rings. The van der Waals surface area contributed by atoms with E-state index in [0.29, 0.717) is 25.3 Å². The van der Waals surface area contributed by atoms with Crippen LogP contribution in [0.15, 0.2) is 36.7 Å². The van der Waals surface area contributed by atoms with Crippen LogP contribution in [0.5, 0.6) is 0 Å². The quantitative estimate of drug-likeness (QED) is 0.0888. The predicted octanol–water partition coefficient (Wildman–Crippen LogP) is 8.31. The predicted molar refractivity (Wildman–Crippen MR) is 165 cm³/mol. The molecule has 6 heteroatoms. The van der Waals surface area contributed by atoms with Crippen LogP contribution in [0.2, 0.25) is 0 Å². The van der Waals surface area contributed by atoms with E-state index in [0.717, 1.165) is 31.8 Å². The summed E-state index contributed by atoms with van der Waals surface area (Å²) in [6, 6.07) is 7.70. The summed E-state index contributed by atoms with van der Waals surface area (Å²) < 4.78 is 17.4. The van der Waals surface area contributed by atoms with Gasteiger partial charge in [-0.15, -0.1) is 0 Å². The summed E-state index contributed by atoms with van der Waals surface area (Å²) in [4.78, 5) is 17.4. The highest BCUT2D eigenvalue weighted by Crippen LogP contribution is 2.17. The molecule has 1 unspecified atom stereocenters. The van der Waals surface area contributed by atoms with Crippen molar-refractivity contribution in [3.8, 4) is 0 Å². The Morgan fingerprint density at radius 2 is 1.38 bits per heavy atom. The molecule has 1 heterocycles. The van der Waals surface area contributed by atoms with Crippen molar-refractivity contribution in [2.24, 2.45) is 0 Å². The van der Waals surface area contributed by atoms with Crippen LogP contribution in [0.4, 0.5) is 0 Å². The van der Waals surface area contributed by atoms with Crippen LogP contribution in [-0.4, -0.2) is 61.5 Å². The number of esters is 1. The molecule has 0 aromatic heterocycles. The number of carbonyl (C=O) groups is 1. The highest BCUT2D eigenvalue weighted by atomic mass is 16.6. The van der Waals surface area contributed by atoms with Crippen LogP contribution in [0.3, 0.4) is 0 Å². The molecule has 0 aliphatic carbocycles. The molecule has 2 rings (SSSR count). The highest BCUT2D eigenvalue weighted by Gasteiger charge is 2.19. The molecule has 228 valence electrons. The van der Waals surface area contributed by atoms with Gasteiger partial charge in [-0.2, -0.15) is 0 Å². The molecule has 0 radical (unpaired) electrons. The monoisotopic (exact) mass is 558 g/mol. The van der Waals surface area contributed by atoms with Crippen LogP contribution >= 0.6 is 0 Å². The third-order valence-electron chi connectivity index (χ3n) is 7.62. The van der Waals surface area contributed by atoms with Crippen molar-refractivity contribution in [2.75, 3.05) is 39.6 Å². The van der Waals surface area contributed by atoms with E-state index in [9.17, 15) is 4.79 Å². The Kier molecular flexibility index (Phi) is 19.3. The van der Waals surface area contributed by atoms with Gasteiger partial charge in [0.05, 0.1) is 18.8 Å². The number of rotatable bonds is 25. The molecule has 40 heavy (non-hydrogen) atoms. The second-order valence-electron chi connectivity index (χ2n) is 11.1. The summed E-state index contributed by atoms with van der Waals surface area (Å²) in [5.74, 6) is -0.303. The first-order valence-corrected chi connectivity index (χ1v) is 16.3. The van der Waals surface area contributed by atoms with Crippen molar-refractivity contribution in [3.63, 3.8) is 0 Å². The van der Waals surface area contributed by atoms with Gasteiger partial charge >= 0.3 is 5.97 Å². The molecule has 0 saturated heterocycles. The van der Waals surface area contributed by atoms with E-state index < -0.39 is 0 Å². The van der Waals surface area contributed by atoms with Gasteiger partial charge in [0.25, 0.3) is 0 Å². The number of hydrogen-bond donors (Lipinski definition) is 0. The molecule has 0 spiro atoms. The number of nitrogens with zero attached hydrogens (tertiary/aromatic N) is 2.